The highest BCUT2D eigenvalue weighted by Crippen LogP contribution is 2.20. The van der Waals surface area contributed by atoms with Gasteiger partial charge in [0, 0.05) is 22.5 Å². The van der Waals surface area contributed by atoms with Crippen molar-refractivity contribution < 1.29 is 0 Å². The molecular formula is C11H10ClNS. The van der Waals surface area contributed by atoms with Gasteiger partial charge >= 0.3 is 0 Å². The van der Waals surface area contributed by atoms with Crippen LogP contribution in [0, 0.1) is 6.92 Å². The van der Waals surface area contributed by atoms with E-state index in [1.807, 2.05) is 31.2 Å². The quantitative estimate of drug-likeness (QED) is 0.757. The van der Waals surface area contributed by atoms with Crippen molar-refractivity contribution in [2.45, 2.75) is 13.3 Å². The van der Waals surface area contributed by atoms with E-state index in [0.29, 0.717) is 0 Å². The molecule has 72 valence electrons. The zero-order valence-corrected chi connectivity index (χ0v) is 9.40. The lowest BCUT2D eigenvalue weighted by Crippen LogP contribution is -1.88. The minimum atomic E-state index is 0.820. The maximum absolute atomic E-state index is 6.06. The molecule has 1 aromatic heterocycles. The number of rotatable bonds is 2. The van der Waals surface area contributed by atoms with Crippen LogP contribution in [0.1, 0.15) is 16.3 Å². The fraction of sp³-hybridized carbons (Fsp3) is 0.182. The first-order valence-corrected chi connectivity index (χ1v) is 5.66. The third-order valence-corrected chi connectivity index (χ3v) is 3.30. The maximum Gasteiger partial charge on any atom is 0.0972 e. The second kappa shape index (κ2) is 4.11. The average molecular weight is 224 g/mol. The van der Waals surface area contributed by atoms with Gasteiger partial charge in [-0.05, 0) is 18.6 Å². The van der Waals surface area contributed by atoms with Gasteiger partial charge in [0.25, 0.3) is 0 Å². The highest BCUT2D eigenvalue weighted by Gasteiger charge is 2.03. The second-order valence-corrected chi connectivity index (χ2v) is 4.50. The molecule has 0 atom stereocenters. The Labute approximate surface area is 92.4 Å². The normalized spacial score (nSPS) is 10.4. The van der Waals surface area contributed by atoms with Crippen molar-refractivity contribution in [1.29, 1.82) is 0 Å². The molecule has 1 nitrogen and oxygen atoms in total. The van der Waals surface area contributed by atoms with Gasteiger partial charge in [0.1, 0.15) is 0 Å². The van der Waals surface area contributed by atoms with Crippen LogP contribution in [0.25, 0.3) is 0 Å². The molecule has 0 spiro atoms. The molecule has 0 aliphatic heterocycles. The van der Waals surface area contributed by atoms with Gasteiger partial charge in [-0.15, -0.1) is 11.3 Å². The highest BCUT2D eigenvalue weighted by atomic mass is 35.5. The molecule has 0 saturated heterocycles. The zero-order chi connectivity index (χ0) is 9.97. The summed E-state index contributed by atoms with van der Waals surface area (Å²) in [6.45, 7) is 2.01. The number of halogens is 1. The third kappa shape index (κ3) is 2.14. The molecule has 0 unspecified atom stereocenters. The van der Waals surface area contributed by atoms with Crippen molar-refractivity contribution in [3.63, 3.8) is 0 Å². The van der Waals surface area contributed by atoms with Crippen molar-refractivity contribution >= 4 is 22.9 Å². The molecule has 0 aliphatic carbocycles. The molecule has 2 rings (SSSR count). The molecule has 0 amide bonds. The predicted molar refractivity (Wildman–Crippen MR) is 61.1 cm³/mol. The van der Waals surface area contributed by atoms with E-state index >= 15 is 0 Å². The summed E-state index contributed by atoms with van der Waals surface area (Å²) in [5.41, 5.74) is 2.22. The highest BCUT2D eigenvalue weighted by molar-refractivity contribution is 7.09. The second-order valence-electron chi connectivity index (χ2n) is 3.15. The Balaban J connectivity index is 2.23. The van der Waals surface area contributed by atoms with Crippen LogP contribution in [-0.4, -0.2) is 4.98 Å². The van der Waals surface area contributed by atoms with Gasteiger partial charge in [0.15, 0.2) is 0 Å². The van der Waals surface area contributed by atoms with Crippen LogP contribution < -0.4 is 0 Å². The average Bonchev–Trinajstić information content (AvgIpc) is 2.56. The monoisotopic (exact) mass is 223 g/mol. The molecule has 2 aromatic rings. The summed E-state index contributed by atoms with van der Waals surface area (Å²) < 4.78 is 0. The number of thiazole rings is 1. The molecule has 3 heteroatoms. The number of aryl methyl sites for hydroxylation is 1. The standard InChI is InChI=1S/C11H10ClNS/c1-8-7-14-11(13-8)6-9-4-2-3-5-10(9)12/h2-5,7H,6H2,1H3. The number of hydrogen-bond acceptors (Lipinski definition) is 2. The lowest BCUT2D eigenvalue weighted by atomic mass is 10.2. The minimum absolute atomic E-state index is 0.820. The molecule has 0 aliphatic rings. The Morgan fingerprint density at radius 2 is 2.14 bits per heavy atom. The van der Waals surface area contributed by atoms with Crippen LogP contribution in [-0.2, 0) is 6.42 Å². The van der Waals surface area contributed by atoms with Crippen LogP contribution in [0.2, 0.25) is 5.02 Å². The lowest BCUT2D eigenvalue weighted by molar-refractivity contribution is 1.10. The van der Waals surface area contributed by atoms with E-state index in [2.05, 4.69) is 10.4 Å². The topological polar surface area (TPSA) is 12.9 Å². The Hall–Kier alpha value is -0.860. The largest absolute Gasteiger partial charge is 0.246 e. The Kier molecular flexibility index (Phi) is 2.85. The summed E-state index contributed by atoms with van der Waals surface area (Å²) in [4.78, 5) is 4.41. The van der Waals surface area contributed by atoms with Crippen LogP contribution in [0.4, 0.5) is 0 Å². The molecule has 1 heterocycles. The molecule has 0 bridgehead atoms. The third-order valence-electron chi connectivity index (χ3n) is 1.97. The Bertz CT molecular complexity index is 436. The van der Waals surface area contributed by atoms with Gasteiger partial charge in [-0.3, -0.25) is 0 Å². The minimum Gasteiger partial charge on any atom is -0.246 e. The maximum atomic E-state index is 6.06. The number of aromatic nitrogens is 1. The van der Waals surface area contributed by atoms with Crippen LogP contribution in [0.5, 0.6) is 0 Å². The van der Waals surface area contributed by atoms with Crippen molar-refractivity contribution in [3.05, 3.63) is 50.9 Å². The molecule has 14 heavy (non-hydrogen) atoms. The van der Waals surface area contributed by atoms with Crippen LogP contribution in [0.3, 0.4) is 0 Å². The predicted octanol–water partition coefficient (Wildman–Crippen LogP) is 3.70. The summed E-state index contributed by atoms with van der Waals surface area (Å²) in [6, 6.07) is 7.90. The van der Waals surface area contributed by atoms with E-state index < -0.39 is 0 Å². The summed E-state index contributed by atoms with van der Waals surface area (Å²) in [6.07, 6.45) is 0.832. The summed E-state index contributed by atoms with van der Waals surface area (Å²) in [5, 5.41) is 4.00. The summed E-state index contributed by atoms with van der Waals surface area (Å²) >= 11 is 7.74. The number of hydrogen-bond donors (Lipinski definition) is 0. The fourth-order valence-electron chi connectivity index (χ4n) is 1.29. The van der Waals surface area contributed by atoms with Gasteiger partial charge in [0.05, 0.1) is 5.01 Å². The van der Waals surface area contributed by atoms with E-state index in [-0.39, 0.29) is 0 Å². The van der Waals surface area contributed by atoms with Gasteiger partial charge < -0.3 is 0 Å². The molecule has 0 saturated carbocycles. The molecule has 0 N–H and O–H groups in total. The number of nitrogens with zero attached hydrogens (tertiary/aromatic N) is 1. The lowest BCUT2D eigenvalue weighted by Gasteiger charge is -2.00. The van der Waals surface area contributed by atoms with Crippen molar-refractivity contribution in [1.82, 2.24) is 4.98 Å². The fourth-order valence-corrected chi connectivity index (χ4v) is 2.29. The first kappa shape index (κ1) is 9.69. The van der Waals surface area contributed by atoms with Crippen molar-refractivity contribution in [2.75, 3.05) is 0 Å². The number of benzene rings is 1. The van der Waals surface area contributed by atoms with Crippen LogP contribution in [0.15, 0.2) is 29.6 Å². The van der Waals surface area contributed by atoms with Gasteiger partial charge in [-0.25, -0.2) is 4.98 Å². The zero-order valence-electron chi connectivity index (χ0n) is 7.83. The smallest absolute Gasteiger partial charge is 0.0972 e. The first-order valence-electron chi connectivity index (χ1n) is 4.40. The van der Waals surface area contributed by atoms with Crippen molar-refractivity contribution in [2.24, 2.45) is 0 Å². The van der Waals surface area contributed by atoms with Gasteiger partial charge in [0.2, 0.25) is 0 Å². The summed E-state index contributed by atoms with van der Waals surface area (Å²) in [7, 11) is 0. The van der Waals surface area contributed by atoms with E-state index in [1.165, 1.54) is 0 Å². The van der Waals surface area contributed by atoms with E-state index in [0.717, 1.165) is 27.7 Å². The molecule has 1 aromatic carbocycles. The molecule has 0 fully saturated rings. The Morgan fingerprint density at radius 3 is 2.79 bits per heavy atom. The van der Waals surface area contributed by atoms with E-state index in [4.69, 9.17) is 11.6 Å². The van der Waals surface area contributed by atoms with Crippen molar-refractivity contribution in [3.8, 4) is 0 Å². The van der Waals surface area contributed by atoms with Gasteiger partial charge in [-0.1, -0.05) is 29.8 Å². The van der Waals surface area contributed by atoms with Gasteiger partial charge in [-0.2, -0.15) is 0 Å². The van der Waals surface area contributed by atoms with E-state index in [9.17, 15) is 0 Å². The van der Waals surface area contributed by atoms with E-state index in [1.54, 1.807) is 11.3 Å². The molecule has 0 radical (unpaired) electrons. The first-order chi connectivity index (χ1) is 6.75. The Morgan fingerprint density at radius 1 is 1.36 bits per heavy atom. The SMILES string of the molecule is Cc1csc(Cc2ccccc2Cl)n1. The summed E-state index contributed by atoms with van der Waals surface area (Å²) in [5.74, 6) is 0. The molecular weight excluding hydrogens is 214 g/mol. The van der Waals surface area contributed by atoms with Crippen LogP contribution >= 0.6 is 22.9 Å².